The van der Waals surface area contributed by atoms with E-state index in [9.17, 15) is 4.79 Å². The lowest BCUT2D eigenvalue weighted by Gasteiger charge is -2.41. The average molecular weight is 420 g/mol. The van der Waals surface area contributed by atoms with Crippen LogP contribution in [0, 0.1) is 0 Å². The lowest BCUT2D eigenvalue weighted by Crippen LogP contribution is -2.50. The molecule has 2 saturated heterocycles. The summed E-state index contributed by atoms with van der Waals surface area (Å²) in [4.78, 5) is 21.4. The van der Waals surface area contributed by atoms with Crippen molar-refractivity contribution in [2.45, 2.75) is 44.2 Å². The molecule has 0 spiro atoms. The van der Waals surface area contributed by atoms with E-state index in [0.29, 0.717) is 17.5 Å². The van der Waals surface area contributed by atoms with E-state index in [0.717, 1.165) is 62.6 Å². The van der Waals surface area contributed by atoms with Crippen molar-refractivity contribution in [3.05, 3.63) is 46.4 Å². The molecule has 7 heteroatoms. The molecule has 5 nitrogen and oxygen atoms in total. The number of piperidine rings is 2. The molecule has 0 unspecified atom stereocenters. The fraction of sp³-hybridized carbons (Fsp3) is 0.524. The van der Waals surface area contributed by atoms with Gasteiger partial charge in [0.05, 0.1) is 6.42 Å². The molecule has 2 aromatic rings. The number of rotatable bonds is 5. The van der Waals surface area contributed by atoms with Gasteiger partial charge in [-0.25, -0.2) is 4.98 Å². The maximum absolute atomic E-state index is 12.6. The summed E-state index contributed by atoms with van der Waals surface area (Å²) in [7, 11) is 0. The summed E-state index contributed by atoms with van der Waals surface area (Å²) in [6.07, 6.45) is 6.75. The normalized spacial score (nSPS) is 19.7. The molecule has 2 aliphatic heterocycles. The summed E-state index contributed by atoms with van der Waals surface area (Å²) in [5.74, 6) is 0.219. The van der Waals surface area contributed by atoms with Crippen LogP contribution in [0.4, 0.5) is 0 Å². The molecule has 0 radical (unpaired) electrons. The Kier molecular flexibility index (Phi) is 6.50. The van der Waals surface area contributed by atoms with Gasteiger partial charge < -0.3 is 9.64 Å². The largest absolute Gasteiger partial charge is 0.467 e. The minimum Gasteiger partial charge on any atom is -0.467 e. The molecular weight excluding hydrogens is 394 g/mol. The third-order valence-electron chi connectivity index (χ3n) is 5.76. The molecule has 0 aliphatic carbocycles. The van der Waals surface area contributed by atoms with Crippen LogP contribution >= 0.6 is 22.9 Å². The number of benzene rings is 1. The molecule has 150 valence electrons. The number of hydrogen-bond acceptors (Lipinski definition) is 5. The number of aromatic nitrogens is 1. The summed E-state index contributed by atoms with van der Waals surface area (Å²) in [5.41, 5.74) is 1.03. The lowest BCUT2D eigenvalue weighted by molar-refractivity contribution is -0.132. The highest BCUT2D eigenvalue weighted by Crippen LogP contribution is 2.25. The minimum absolute atomic E-state index is 0.219. The van der Waals surface area contributed by atoms with Crippen molar-refractivity contribution in [1.82, 2.24) is 14.8 Å². The van der Waals surface area contributed by atoms with E-state index < -0.39 is 0 Å². The van der Waals surface area contributed by atoms with Gasteiger partial charge in [-0.15, -0.1) is 0 Å². The zero-order valence-corrected chi connectivity index (χ0v) is 17.5. The Morgan fingerprint density at radius 3 is 2.46 bits per heavy atom. The van der Waals surface area contributed by atoms with Crippen LogP contribution in [-0.2, 0) is 11.2 Å². The molecule has 0 bridgehead atoms. The van der Waals surface area contributed by atoms with Gasteiger partial charge in [-0.1, -0.05) is 35.1 Å². The Hall–Kier alpha value is -1.63. The van der Waals surface area contributed by atoms with Crippen LogP contribution in [0.1, 0.15) is 31.2 Å². The van der Waals surface area contributed by atoms with Gasteiger partial charge in [0.15, 0.2) is 0 Å². The predicted octanol–water partition coefficient (Wildman–Crippen LogP) is 3.87. The van der Waals surface area contributed by atoms with Gasteiger partial charge in [0, 0.05) is 48.8 Å². The first kappa shape index (κ1) is 19.7. The number of hydrogen-bond donors (Lipinski definition) is 0. The third-order valence-corrected chi connectivity index (χ3v) is 6.67. The molecule has 1 aromatic carbocycles. The Bertz CT molecular complexity index is 752. The fourth-order valence-corrected chi connectivity index (χ4v) is 4.82. The SMILES string of the molecule is O=C(Cc1ccc(Cl)cc1)N1CCC(N2CCC(Oc3nccs3)CC2)CC1. The molecule has 2 fully saturated rings. The van der Waals surface area contributed by atoms with Crippen LogP contribution in [0.15, 0.2) is 35.8 Å². The Morgan fingerprint density at radius 1 is 1.11 bits per heavy atom. The highest BCUT2D eigenvalue weighted by molar-refractivity contribution is 7.11. The lowest BCUT2D eigenvalue weighted by atomic mass is 9.98. The Balaban J connectivity index is 1.20. The van der Waals surface area contributed by atoms with Crippen molar-refractivity contribution in [2.75, 3.05) is 26.2 Å². The van der Waals surface area contributed by atoms with Gasteiger partial charge in [-0.3, -0.25) is 9.69 Å². The number of carbonyl (C=O) groups is 1. The number of halogens is 1. The number of nitrogens with zero attached hydrogens (tertiary/aromatic N) is 3. The third kappa shape index (κ3) is 5.04. The van der Waals surface area contributed by atoms with Crippen molar-refractivity contribution < 1.29 is 9.53 Å². The van der Waals surface area contributed by atoms with E-state index in [1.165, 1.54) is 0 Å². The molecule has 2 aliphatic rings. The summed E-state index contributed by atoms with van der Waals surface area (Å²) in [5, 5.41) is 3.44. The number of likely N-dealkylation sites (tertiary alicyclic amines) is 2. The highest BCUT2D eigenvalue weighted by atomic mass is 35.5. The van der Waals surface area contributed by atoms with E-state index in [1.807, 2.05) is 34.5 Å². The standard InChI is InChI=1S/C21H26ClN3O2S/c22-17-3-1-16(2-4-17)15-20(26)25-10-5-18(6-11-25)24-12-7-19(8-13-24)27-21-23-9-14-28-21/h1-4,9,14,18-19H,5-8,10-13,15H2. The van der Waals surface area contributed by atoms with E-state index in [2.05, 4.69) is 9.88 Å². The summed E-state index contributed by atoms with van der Waals surface area (Å²) >= 11 is 7.48. The highest BCUT2D eigenvalue weighted by Gasteiger charge is 2.30. The molecule has 3 heterocycles. The molecular formula is C21H26ClN3O2S. The van der Waals surface area contributed by atoms with E-state index >= 15 is 0 Å². The second-order valence-electron chi connectivity index (χ2n) is 7.57. The van der Waals surface area contributed by atoms with Crippen molar-refractivity contribution in [2.24, 2.45) is 0 Å². The first-order chi connectivity index (χ1) is 13.7. The smallest absolute Gasteiger partial charge is 0.273 e. The molecule has 1 aromatic heterocycles. The first-order valence-electron chi connectivity index (χ1n) is 10.00. The van der Waals surface area contributed by atoms with Crippen molar-refractivity contribution in [1.29, 1.82) is 0 Å². The number of thiazole rings is 1. The summed E-state index contributed by atoms with van der Waals surface area (Å²) in [6, 6.07) is 8.15. The zero-order valence-electron chi connectivity index (χ0n) is 15.9. The van der Waals surface area contributed by atoms with Crippen LogP contribution in [0.5, 0.6) is 5.19 Å². The molecule has 0 N–H and O–H groups in total. The van der Waals surface area contributed by atoms with Crippen molar-refractivity contribution >= 4 is 28.8 Å². The van der Waals surface area contributed by atoms with Gasteiger partial charge in [0.1, 0.15) is 6.10 Å². The van der Waals surface area contributed by atoms with Gasteiger partial charge in [-0.2, -0.15) is 0 Å². The van der Waals surface area contributed by atoms with E-state index in [1.54, 1.807) is 17.5 Å². The number of amides is 1. The minimum atomic E-state index is 0.219. The fourth-order valence-electron chi connectivity index (χ4n) is 4.14. The summed E-state index contributed by atoms with van der Waals surface area (Å²) in [6.45, 7) is 3.85. The summed E-state index contributed by atoms with van der Waals surface area (Å²) < 4.78 is 5.96. The molecule has 28 heavy (non-hydrogen) atoms. The van der Waals surface area contributed by atoms with Gasteiger partial charge in [-0.05, 0) is 43.4 Å². The van der Waals surface area contributed by atoms with Crippen LogP contribution in [0.2, 0.25) is 5.02 Å². The molecule has 0 saturated carbocycles. The maximum atomic E-state index is 12.6. The van der Waals surface area contributed by atoms with Crippen LogP contribution in [-0.4, -0.2) is 59.0 Å². The topological polar surface area (TPSA) is 45.7 Å². The second-order valence-corrected chi connectivity index (χ2v) is 8.86. The van der Waals surface area contributed by atoms with E-state index in [4.69, 9.17) is 16.3 Å². The van der Waals surface area contributed by atoms with Gasteiger partial charge in [0.25, 0.3) is 5.19 Å². The van der Waals surface area contributed by atoms with E-state index in [-0.39, 0.29) is 12.0 Å². The molecule has 0 atom stereocenters. The van der Waals surface area contributed by atoms with Crippen LogP contribution in [0.3, 0.4) is 0 Å². The maximum Gasteiger partial charge on any atom is 0.273 e. The average Bonchev–Trinajstić information content (AvgIpc) is 3.23. The number of carbonyl (C=O) groups excluding carboxylic acids is 1. The first-order valence-corrected chi connectivity index (χ1v) is 11.3. The molecule has 1 amide bonds. The van der Waals surface area contributed by atoms with Gasteiger partial charge >= 0.3 is 0 Å². The van der Waals surface area contributed by atoms with Crippen LogP contribution in [0.25, 0.3) is 0 Å². The van der Waals surface area contributed by atoms with Crippen molar-refractivity contribution in [3.63, 3.8) is 0 Å². The van der Waals surface area contributed by atoms with Gasteiger partial charge in [0.2, 0.25) is 5.91 Å². The van der Waals surface area contributed by atoms with Crippen LogP contribution < -0.4 is 4.74 Å². The predicted molar refractivity (Wildman–Crippen MR) is 112 cm³/mol. The van der Waals surface area contributed by atoms with Crippen molar-refractivity contribution in [3.8, 4) is 5.19 Å². The Labute approximate surface area is 175 Å². The molecule has 4 rings (SSSR count). The second kappa shape index (κ2) is 9.25. The zero-order chi connectivity index (χ0) is 19.3. The number of ether oxygens (including phenoxy) is 1. The quantitative estimate of drug-likeness (QED) is 0.737. The Morgan fingerprint density at radius 2 is 1.82 bits per heavy atom. The monoisotopic (exact) mass is 419 g/mol.